The van der Waals surface area contributed by atoms with Gasteiger partial charge in [0.2, 0.25) is 0 Å². The lowest BCUT2D eigenvalue weighted by atomic mass is 10.2. The van der Waals surface area contributed by atoms with Crippen LogP contribution in [0.3, 0.4) is 0 Å². The maximum absolute atomic E-state index is 11.5. The fraction of sp³-hybridized carbons (Fsp3) is 0.0769. The Morgan fingerprint density at radius 3 is 3.00 bits per heavy atom. The minimum absolute atomic E-state index is 0.371. The molecule has 0 saturated carbocycles. The molecule has 0 bridgehead atoms. The van der Waals surface area contributed by atoms with Gasteiger partial charge in [0.05, 0.1) is 23.3 Å². The summed E-state index contributed by atoms with van der Waals surface area (Å²) < 4.78 is 4.69. The molecule has 0 radical (unpaired) electrons. The number of methoxy groups -OCH3 is 1. The summed E-state index contributed by atoms with van der Waals surface area (Å²) in [6.45, 7) is 0. The van der Waals surface area contributed by atoms with Crippen LogP contribution in [0.15, 0.2) is 46.3 Å². The van der Waals surface area contributed by atoms with Crippen LogP contribution in [0.5, 0.6) is 0 Å². The lowest BCUT2D eigenvalue weighted by molar-refractivity contribution is 0.0600. The molecule has 1 aromatic heterocycles. The largest absolute Gasteiger partial charge is 0.465 e. The molecule has 1 N–H and O–H groups in total. The molecule has 1 aliphatic heterocycles. The van der Waals surface area contributed by atoms with Crippen LogP contribution < -0.4 is 5.32 Å². The van der Waals surface area contributed by atoms with Crippen LogP contribution in [-0.4, -0.2) is 18.1 Å². The van der Waals surface area contributed by atoms with Crippen molar-refractivity contribution in [2.75, 3.05) is 12.4 Å². The summed E-state index contributed by atoms with van der Waals surface area (Å²) in [7, 11) is 1.36. The van der Waals surface area contributed by atoms with Crippen LogP contribution in [0.2, 0.25) is 0 Å². The van der Waals surface area contributed by atoms with Crippen LogP contribution >= 0.6 is 11.8 Å². The van der Waals surface area contributed by atoms with Gasteiger partial charge in [0, 0.05) is 11.1 Å². The van der Waals surface area contributed by atoms with Crippen molar-refractivity contribution >= 4 is 29.2 Å². The van der Waals surface area contributed by atoms with Crippen LogP contribution in [0.1, 0.15) is 10.4 Å². The first-order chi connectivity index (χ1) is 8.78. The second-order valence-corrected chi connectivity index (χ2v) is 4.87. The molecule has 0 fully saturated rings. The van der Waals surface area contributed by atoms with E-state index in [2.05, 4.69) is 15.0 Å². The molecular formula is C13H10N2O2S. The van der Waals surface area contributed by atoms with Gasteiger partial charge in [0.1, 0.15) is 5.82 Å². The molecule has 0 saturated heterocycles. The van der Waals surface area contributed by atoms with E-state index in [4.69, 9.17) is 0 Å². The van der Waals surface area contributed by atoms with Crippen LogP contribution in [0.4, 0.5) is 11.5 Å². The average Bonchev–Trinajstić information content (AvgIpc) is 2.43. The number of carbonyl (C=O) groups is 1. The summed E-state index contributed by atoms with van der Waals surface area (Å²) in [4.78, 5) is 17.8. The molecule has 0 atom stereocenters. The smallest absolute Gasteiger partial charge is 0.339 e. The Labute approximate surface area is 108 Å². The quantitative estimate of drug-likeness (QED) is 0.680. The lowest BCUT2D eigenvalue weighted by Crippen LogP contribution is -2.06. The molecule has 5 heteroatoms. The number of nitrogens with zero attached hydrogens (tertiary/aromatic N) is 1. The van der Waals surface area contributed by atoms with Crippen molar-refractivity contribution in [3.05, 3.63) is 42.1 Å². The highest BCUT2D eigenvalue weighted by Gasteiger charge is 2.18. The topological polar surface area (TPSA) is 51.2 Å². The van der Waals surface area contributed by atoms with E-state index in [1.807, 2.05) is 24.3 Å². The van der Waals surface area contributed by atoms with Crippen molar-refractivity contribution in [2.45, 2.75) is 9.79 Å². The van der Waals surface area contributed by atoms with Gasteiger partial charge in [-0.25, -0.2) is 9.78 Å². The van der Waals surface area contributed by atoms with E-state index in [-0.39, 0.29) is 5.97 Å². The molecule has 4 nitrogen and oxygen atoms in total. The number of hydrogen-bond donors (Lipinski definition) is 1. The third-order valence-corrected chi connectivity index (χ3v) is 3.74. The monoisotopic (exact) mass is 258 g/mol. The third-order valence-electron chi connectivity index (χ3n) is 2.63. The fourth-order valence-corrected chi connectivity index (χ4v) is 2.75. The summed E-state index contributed by atoms with van der Waals surface area (Å²) in [6, 6.07) is 9.78. The molecule has 0 aliphatic carbocycles. The number of fused-ring (bicyclic) bond motifs is 2. The highest BCUT2D eigenvalue weighted by Crippen LogP contribution is 2.43. The zero-order valence-corrected chi connectivity index (χ0v) is 10.5. The van der Waals surface area contributed by atoms with E-state index < -0.39 is 0 Å². The molecule has 1 aromatic carbocycles. The zero-order valence-electron chi connectivity index (χ0n) is 9.64. The standard InChI is InChI=1S/C13H10N2O2S/c1-17-13(16)8-6-11-12(14-7-8)15-9-4-2-3-5-10(9)18-11/h2-7H,1H3,(H,14,15). The number of nitrogens with one attached hydrogen (secondary N) is 1. The summed E-state index contributed by atoms with van der Waals surface area (Å²) in [6.07, 6.45) is 1.52. The van der Waals surface area contributed by atoms with Crippen molar-refractivity contribution in [1.29, 1.82) is 0 Å². The molecule has 0 amide bonds. The van der Waals surface area contributed by atoms with Crippen molar-refractivity contribution < 1.29 is 9.53 Å². The molecule has 0 unspecified atom stereocenters. The number of ether oxygens (including phenoxy) is 1. The van der Waals surface area contributed by atoms with E-state index >= 15 is 0 Å². The first kappa shape index (κ1) is 11.1. The number of anilines is 2. The van der Waals surface area contributed by atoms with Gasteiger partial charge in [-0.2, -0.15) is 0 Å². The molecule has 2 aromatic rings. The van der Waals surface area contributed by atoms with Gasteiger partial charge in [-0.15, -0.1) is 0 Å². The van der Waals surface area contributed by atoms with Gasteiger partial charge in [-0.05, 0) is 18.2 Å². The Morgan fingerprint density at radius 1 is 1.33 bits per heavy atom. The number of carbonyl (C=O) groups excluding carboxylic acids is 1. The Hall–Kier alpha value is -2.01. The van der Waals surface area contributed by atoms with Gasteiger partial charge >= 0.3 is 5.97 Å². The number of benzene rings is 1. The van der Waals surface area contributed by atoms with E-state index in [1.54, 1.807) is 17.8 Å². The first-order valence-electron chi connectivity index (χ1n) is 5.40. The Kier molecular flexibility index (Phi) is 2.68. The Bertz CT molecular complexity index is 628. The summed E-state index contributed by atoms with van der Waals surface area (Å²) in [5, 5.41) is 3.24. The van der Waals surface area contributed by atoms with E-state index in [9.17, 15) is 4.79 Å². The van der Waals surface area contributed by atoms with Gasteiger partial charge in [0.15, 0.2) is 0 Å². The molecule has 18 heavy (non-hydrogen) atoms. The predicted molar refractivity (Wildman–Crippen MR) is 69.4 cm³/mol. The van der Waals surface area contributed by atoms with E-state index in [0.29, 0.717) is 5.56 Å². The van der Waals surface area contributed by atoms with Crippen LogP contribution in [0, 0.1) is 0 Å². The van der Waals surface area contributed by atoms with Crippen molar-refractivity contribution in [2.24, 2.45) is 0 Å². The van der Waals surface area contributed by atoms with Gasteiger partial charge < -0.3 is 10.1 Å². The molecular weight excluding hydrogens is 248 g/mol. The van der Waals surface area contributed by atoms with Gasteiger partial charge in [0.25, 0.3) is 0 Å². The van der Waals surface area contributed by atoms with Crippen molar-refractivity contribution in [1.82, 2.24) is 4.98 Å². The van der Waals surface area contributed by atoms with Crippen molar-refractivity contribution in [3.8, 4) is 0 Å². The number of rotatable bonds is 1. The number of hydrogen-bond acceptors (Lipinski definition) is 5. The molecule has 2 heterocycles. The SMILES string of the molecule is COC(=O)c1cnc2c(c1)Sc1ccccc1N2. The lowest BCUT2D eigenvalue weighted by Gasteiger charge is -2.19. The maximum Gasteiger partial charge on any atom is 0.339 e. The highest BCUT2D eigenvalue weighted by atomic mass is 32.2. The summed E-state index contributed by atoms with van der Waals surface area (Å²) >= 11 is 1.59. The van der Waals surface area contributed by atoms with E-state index in [1.165, 1.54) is 13.3 Å². The number of pyridine rings is 1. The first-order valence-corrected chi connectivity index (χ1v) is 6.22. The molecule has 3 rings (SSSR count). The minimum Gasteiger partial charge on any atom is -0.465 e. The second-order valence-electron chi connectivity index (χ2n) is 3.79. The van der Waals surface area contributed by atoms with Gasteiger partial charge in [-0.1, -0.05) is 23.9 Å². The fourth-order valence-electron chi connectivity index (χ4n) is 1.75. The number of para-hydroxylation sites is 1. The zero-order chi connectivity index (χ0) is 12.5. The average molecular weight is 258 g/mol. The Balaban J connectivity index is 2.01. The minimum atomic E-state index is -0.371. The summed E-state index contributed by atoms with van der Waals surface area (Å²) in [5.41, 5.74) is 1.50. The predicted octanol–water partition coefficient (Wildman–Crippen LogP) is 3.08. The van der Waals surface area contributed by atoms with Crippen LogP contribution in [-0.2, 0) is 4.74 Å². The normalized spacial score (nSPS) is 12.1. The van der Waals surface area contributed by atoms with Gasteiger partial charge in [-0.3, -0.25) is 0 Å². The third kappa shape index (κ3) is 1.82. The maximum atomic E-state index is 11.5. The van der Waals surface area contributed by atoms with E-state index in [0.717, 1.165) is 21.3 Å². The molecule has 0 spiro atoms. The Morgan fingerprint density at radius 2 is 2.17 bits per heavy atom. The van der Waals surface area contributed by atoms with Crippen molar-refractivity contribution in [3.63, 3.8) is 0 Å². The van der Waals surface area contributed by atoms with Crippen LogP contribution in [0.25, 0.3) is 0 Å². The summed E-state index contributed by atoms with van der Waals surface area (Å²) in [5.74, 6) is 0.399. The molecule has 90 valence electrons. The number of aromatic nitrogens is 1. The second kappa shape index (κ2) is 4.34. The highest BCUT2D eigenvalue weighted by molar-refractivity contribution is 7.99. The number of esters is 1. The molecule has 1 aliphatic rings.